The summed E-state index contributed by atoms with van der Waals surface area (Å²) in [4.78, 5) is 45.6. The molecule has 0 radical (unpaired) electrons. The Balaban J connectivity index is 1.52. The normalized spacial score (nSPS) is 31.8. The van der Waals surface area contributed by atoms with Gasteiger partial charge >= 0.3 is 5.97 Å². The van der Waals surface area contributed by atoms with Crippen molar-refractivity contribution in [3.63, 3.8) is 0 Å². The number of carbonyl (C=O) groups excluding carboxylic acids is 2. The zero-order valence-corrected chi connectivity index (χ0v) is 21.1. The van der Waals surface area contributed by atoms with Gasteiger partial charge < -0.3 is 29.8 Å². The van der Waals surface area contributed by atoms with Gasteiger partial charge in [0.25, 0.3) is 0 Å². The molecule has 0 spiro atoms. The van der Waals surface area contributed by atoms with E-state index in [-0.39, 0.29) is 34.7 Å². The first-order valence-corrected chi connectivity index (χ1v) is 12.9. The number of nitrogens with zero attached hydrogens (tertiary/aromatic N) is 4. The van der Waals surface area contributed by atoms with Crippen molar-refractivity contribution in [3.8, 4) is 0 Å². The highest BCUT2D eigenvalue weighted by atomic mass is 32.2. The lowest BCUT2D eigenvalue weighted by atomic mass is 9.79. The van der Waals surface area contributed by atoms with Gasteiger partial charge in [-0.25, -0.2) is 4.79 Å². The molecule has 12 heteroatoms. The van der Waals surface area contributed by atoms with E-state index in [4.69, 9.17) is 10.8 Å². The predicted molar refractivity (Wildman–Crippen MR) is 131 cm³/mol. The molecule has 0 aliphatic carbocycles. The van der Waals surface area contributed by atoms with E-state index < -0.39 is 24.0 Å². The summed E-state index contributed by atoms with van der Waals surface area (Å²) in [6.07, 6.45) is 1.70. The van der Waals surface area contributed by atoms with Crippen molar-refractivity contribution in [2.75, 3.05) is 32.7 Å². The van der Waals surface area contributed by atoms with Gasteiger partial charge in [-0.05, 0) is 26.7 Å². The number of carbonyl (C=O) groups is 3. The third-order valence-electron chi connectivity index (χ3n) is 7.61. The van der Waals surface area contributed by atoms with E-state index in [9.17, 15) is 24.6 Å². The Morgan fingerprint density at radius 3 is 2.54 bits per heavy atom. The van der Waals surface area contributed by atoms with Crippen LogP contribution in [0.4, 0.5) is 0 Å². The summed E-state index contributed by atoms with van der Waals surface area (Å²) in [7, 11) is 0. The van der Waals surface area contributed by atoms with Crippen LogP contribution in [0.1, 0.15) is 33.6 Å². The second-order valence-electron chi connectivity index (χ2n) is 9.84. The van der Waals surface area contributed by atoms with Gasteiger partial charge in [-0.3, -0.25) is 20.4 Å². The molecule has 4 N–H and O–H groups in total. The van der Waals surface area contributed by atoms with Crippen molar-refractivity contribution < 1.29 is 24.6 Å². The minimum Gasteiger partial charge on any atom is -0.477 e. The molecule has 2 amide bonds. The highest BCUT2D eigenvalue weighted by Gasteiger charge is 2.60. The quantitative estimate of drug-likeness (QED) is 0.230. The van der Waals surface area contributed by atoms with E-state index in [1.807, 2.05) is 16.7 Å². The van der Waals surface area contributed by atoms with Crippen molar-refractivity contribution >= 4 is 41.7 Å². The topological polar surface area (TPSA) is 152 Å². The van der Waals surface area contributed by atoms with Crippen LogP contribution >= 0.6 is 11.8 Å². The number of hydrogen-bond acceptors (Lipinski definition) is 7. The molecule has 4 aliphatic rings. The lowest BCUT2D eigenvalue weighted by molar-refractivity contribution is -0.163. The molecule has 11 nitrogen and oxygen atoms in total. The average molecular weight is 507 g/mol. The number of hydrogen-bond donors (Lipinski definition) is 4. The highest BCUT2D eigenvalue weighted by molar-refractivity contribution is 8.03. The summed E-state index contributed by atoms with van der Waals surface area (Å²) >= 11 is 1.40. The van der Waals surface area contributed by atoms with Gasteiger partial charge in [-0.1, -0.05) is 6.92 Å². The number of rotatable bonds is 6. The molecule has 0 saturated carbocycles. The number of aliphatic carboxylic acids is 1. The lowest BCUT2D eigenvalue weighted by Crippen LogP contribution is -2.63. The second-order valence-corrected chi connectivity index (χ2v) is 11.2. The molecule has 192 valence electrons. The SMILES string of the molecule is CC(=N)N1C[C@@H](SC2=C(C(=O)O)N3C(=O)[C@H](C(C)O)[C@H]3[C@H]2C)C[C@H]1C(=O)N1CCCN(C=N)CC1. The lowest BCUT2D eigenvalue weighted by Gasteiger charge is -2.46. The number of β-lactam (4-membered cyclic amide) rings is 1. The van der Waals surface area contributed by atoms with E-state index in [2.05, 4.69) is 0 Å². The van der Waals surface area contributed by atoms with Crippen LogP contribution in [0.3, 0.4) is 0 Å². The summed E-state index contributed by atoms with van der Waals surface area (Å²) < 4.78 is 0. The maximum absolute atomic E-state index is 13.5. The van der Waals surface area contributed by atoms with Crippen LogP contribution in [0.2, 0.25) is 0 Å². The fraction of sp³-hybridized carbons (Fsp3) is 0.696. The molecule has 0 bridgehead atoms. The maximum Gasteiger partial charge on any atom is 0.353 e. The molecule has 4 aliphatic heterocycles. The highest BCUT2D eigenvalue weighted by Crippen LogP contribution is 2.52. The first kappa shape index (κ1) is 25.5. The Labute approximate surface area is 209 Å². The summed E-state index contributed by atoms with van der Waals surface area (Å²) in [6.45, 7) is 8.01. The van der Waals surface area contributed by atoms with Crippen molar-refractivity contribution in [2.24, 2.45) is 11.8 Å². The number of nitrogens with one attached hydrogen (secondary N) is 2. The summed E-state index contributed by atoms with van der Waals surface area (Å²) in [5, 5.41) is 35.6. The molecule has 0 aromatic carbocycles. The smallest absolute Gasteiger partial charge is 0.353 e. The number of likely N-dealkylation sites (tertiary alicyclic amines) is 1. The number of amides is 2. The number of amidine groups is 1. The third kappa shape index (κ3) is 4.42. The van der Waals surface area contributed by atoms with Gasteiger partial charge in [0, 0.05) is 48.8 Å². The molecule has 0 aromatic heterocycles. The van der Waals surface area contributed by atoms with Crippen molar-refractivity contribution in [1.29, 1.82) is 10.8 Å². The molecule has 35 heavy (non-hydrogen) atoms. The van der Waals surface area contributed by atoms with E-state index in [1.54, 1.807) is 18.7 Å². The van der Waals surface area contributed by atoms with Crippen molar-refractivity contribution in [3.05, 3.63) is 10.6 Å². The van der Waals surface area contributed by atoms with Crippen molar-refractivity contribution in [1.82, 2.24) is 19.6 Å². The zero-order valence-electron chi connectivity index (χ0n) is 20.3. The van der Waals surface area contributed by atoms with Gasteiger partial charge in [-0.2, -0.15) is 0 Å². The first-order valence-electron chi connectivity index (χ1n) is 12.1. The Bertz CT molecular complexity index is 970. The minimum absolute atomic E-state index is 0.0124. The number of carboxylic acid groups (broad SMARTS) is 1. The molecule has 6 atom stereocenters. The van der Waals surface area contributed by atoms with Crippen LogP contribution in [-0.2, 0) is 14.4 Å². The van der Waals surface area contributed by atoms with E-state index >= 15 is 0 Å². The maximum atomic E-state index is 13.5. The van der Waals surface area contributed by atoms with Gasteiger partial charge in [0.15, 0.2) is 0 Å². The fourth-order valence-electron chi connectivity index (χ4n) is 5.84. The summed E-state index contributed by atoms with van der Waals surface area (Å²) in [5.41, 5.74) is -0.0124. The molecular formula is C23H34N6O5S. The van der Waals surface area contributed by atoms with Crippen LogP contribution < -0.4 is 0 Å². The van der Waals surface area contributed by atoms with Crippen LogP contribution in [0.15, 0.2) is 10.6 Å². The molecule has 4 rings (SSSR count). The number of fused-ring (bicyclic) bond motifs is 1. The van der Waals surface area contributed by atoms with Crippen LogP contribution in [-0.4, -0.2) is 116 Å². The Hall–Kier alpha value is -2.60. The zero-order chi connectivity index (χ0) is 25.6. The Kier molecular flexibility index (Phi) is 7.14. The Morgan fingerprint density at radius 2 is 1.94 bits per heavy atom. The summed E-state index contributed by atoms with van der Waals surface area (Å²) in [5.74, 6) is -2.11. The monoisotopic (exact) mass is 506 g/mol. The largest absolute Gasteiger partial charge is 0.477 e. The van der Waals surface area contributed by atoms with E-state index in [1.165, 1.54) is 23.0 Å². The van der Waals surface area contributed by atoms with Crippen LogP contribution in [0.5, 0.6) is 0 Å². The van der Waals surface area contributed by atoms with Gasteiger partial charge in [0.2, 0.25) is 11.8 Å². The molecule has 1 unspecified atom stereocenters. The van der Waals surface area contributed by atoms with E-state index in [0.717, 1.165) is 13.0 Å². The summed E-state index contributed by atoms with van der Waals surface area (Å²) in [6, 6.07) is -0.865. The molecule has 0 aromatic rings. The van der Waals surface area contributed by atoms with Crippen LogP contribution in [0.25, 0.3) is 0 Å². The standard InChI is InChI=1S/C23H34N6O5S/c1-12-18-17(13(2)30)22(32)29(18)19(23(33)34)20(12)35-15-9-16(28(10-15)14(3)25)21(31)27-6-4-5-26(11-24)7-8-27/h11-13,15-18,24-25,30H,4-10H2,1-3H3,(H,33,34)/t12-,13?,15+,16+,17-,18-/m1/s1. The number of carboxylic acids is 1. The predicted octanol–water partition coefficient (Wildman–Crippen LogP) is 0.455. The van der Waals surface area contributed by atoms with Crippen LogP contribution in [0, 0.1) is 22.7 Å². The minimum atomic E-state index is -1.16. The average Bonchev–Trinajstić information content (AvgIpc) is 3.20. The third-order valence-corrected chi connectivity index (χ3v) is 9.10. The Morgan fingerprint density at radius 1 is 1.23 bits per heavy atom. The van der Waals surface area contributed by atoms with E-state index in [0.29, 0.717) is 43.3 Å². The second kappa shape index (κ2) is 9.81. The molecule has 3 saturated heterocycles. The fourth-order valence-corrected chi connectivity index (χ4v) is 7.37. The number of aliphatic hydroxyl groups is 1. The van der Waals surface area contributed by atoms with Gasteiger partial charge in [0.05, 0.1) is 30.2 Å². The molecule has 3 fully saturated rings. The number of thioether (sulfide) groups is 1. The number of aliphatic hydroxyl groups excluding tert-OH is 1. The molecule has 4 heterocycles. The van der Waals surface area contributed by atoms with Crippen molar-refractivity contribution in [2.45, 2.75) is 57.1 Å². The van der Waals surface area contributed by atoms with Gasteiger partial charge in [-0.15, -0.1) is 11.8 Å². The first-order chi connectivity index (χ1) is 16.6. The molecular weight excluding hydrogens is 472 g/mol. The van der Waals surface area contributed by atoms with Gasteiger partial charge in [0.1, 0.15) is 11.7 Å².